The number of hydrogen-bond donors (Lipinski definition) is 3. The Hall–Kier alpha value is -7.11. The fourth-order valence-corrected chi connectivity index (χ4v) is 12.8. The molecule has 3 aromatic carbocycles. The number of carbonyl (C=O) groups is 8. The standard InChI is InChI=1S/C19H26N2O3.C14H18N2O.C11H21NO5S.C10H19NO3.C10H17NO3.C9H9NO.CH3ClO2S/c1-19(2,3)24-18(23)20-12-10-15(11-13-20)21-16-7-5-4-6-14(16)8-9-17(21)22;17-14-6-5-11-3-1-2-4-13(11)16(14)12-7-9-15-10-8-12;1-11(2,3)16-10(13)12-7-5-9(6-8-12)17-18(4,14)15;2*1-10(2,3)14-9(13)11-6-4-8(12)5-7-11;11-9-6-5-7-3-1-2-4-8(7)10-9;1-5(2,3)4/h4-7,15H,8-13H2,1-3H3;1-4,12,15H,5-10H2;9H,5-8H2,1-4H3;8,12H,4-7H2,1-3H3;4-7H2,1-3H3;1-4H,5-6H2,(H,10,11);1H3. The van der Waals surface area contributed by atoms with Crippen molar-refractivity contribution in [3.63, 3.8) is 0 Å². The van der Waals surface area contributed by atoms with E-state index < -0.39 is 41.6 Å². The van der Waals surface area contributed by atoms with Crippen LogP contribution in [0, 0.1) is 0 Å². The molecule has 0 aromatic heterocycles. The molecule has 3 N–H and O–H groups in total. The highest BCUT2D eigenvalue weighted by Crippen LogP contribution is 2.34. The molecule has 5 fully saturated rings. The molecule has 576 valence electrons. The van der Waals surface area contributed by atoms with Crippen LogP contribution in [0.1, 0.15) is 183 Å². The molecule has 5 saturated heterocycles. The van der Waals surface area contributed by atoms with Gasteiger partial charge < -0.3 is 64.1 Å². The number of aliphatic hydroxyl groups is 1. The first-order valence-corrected chi connectivity index (χ1v) is 40.2. The maximum absolute atomic E-state index is 12.5. The molecule has 29 heteroatoms. The van der Waals surface area contributed by atoms with Crippen molar-refractivity contribution in [2.75, 3.05) is 93.1 Å². The molecule has 0 bridgehead atoms. The quantitative estimate of drug-likeness (QED) is 0.124. The average Bonchev–Trinajstić information content (AvgIpc) is 0.792. The Kier molecular flexibility index (Phi) is 33.0. The van der Waals surface area contributed by atoms with E-state index in [-0.39, 0.29) is 60.2 Å². The number of hydrogen-bond acceptors (Lipinski definition) is 19. The van der Waals surface area contributed by atoms with Crippen molar-refractivity contribution in [2.24, 2.45) is 0 Å². The van der Waals surface area contributed by atoms with Gasteiger partial charge in [0, 0.05) is 124 Å². The number of fused-ring (bicyclic) bond motifs is 3. The van der Waals surface area contributed by atoms with Crippen LogP contribution in [-0.2, 0) is 80.7 Å². The number of anilines is 3. The van der Waals surface area contributed by atoms with Gasteiger partial charge in [0.05, 0.1) is 24.7 Å². The van der Waals surface area contributed by atoms with E-state index in [2.05, 4.69) is 56.5 Å². The van der Waals surface area contributed by atoms with Crippen molar-refractivity contribution in [2.45, 2.75) is 233 Å². The van der Waals surface area contributed by atoms with E-state index in [1.807, 2.05) is 130 Å². The van der Waals surface area contributed by atoms with Crippen molar-refractivity contribution in [1.29, 1.82) is 0 Å². The van der Waals surface area contributed by atoms with E-state index in [0.29, 0.717) is 122 Å². The molecule has 7 amide bonds. The van der Waals surface area contributed by atoms with Gasteiger partial charge in [-0.15, -0.1) is 0 Å². The van der Waals surface area contributed by atoms with Crippen molar-refractivity contribution in [3.05, 3.63) is 89.5 Å². The number of nitrogens with zero attached hydrogens (tertiary/aromatic N) is 6. The highest BCUT2D eigenvalue weighted by atomic mass is 35.7. The second kappa shape index (κ2) is 39.3. The number of piperidine rings is 5. The maximum atomic E-state index is 12.5. The third-order valence-electron chi connectivity index (χ3n) is 16.8. The van der Waals surface area contributed by atoms with Crippen LogP contribution in [0.4, 0.5) is 36.2 Å². The number of nitrogens with one attached hydrogen (secondary N) is 2. The van der Waals surface area contributed by atoms with Crippen molar-refractivity contribution < 1.29 is 83.4 Å². The van der Waals surface area contributed by atoms with Gasteiger partial charge in [-0.1, -0.05) is 54.6 Å². The predicted octanol–water partition coefficient (Wildman–Crippen LogP) is 11.2. The van der Waals surface area contributed by atoms with E-state index in [1.165, 1.54) is 16.7 Å². The molecular weight excluding hydrogens is 1390 g/mol. The summed E-state index contributed by atoms with van der Waals surface area (Å²) in [5.74, 6) is 0.855. The summed E-state index contributed by atoms with van der Waals surface area (Å²) in [7, 11) is -2.12. The molecule has 8 aliphatic heterocycles. The number of para-hydroxylation sites is 3. The number of ketones is 1. The lowest BCUT2D eigenvalue weighted by atomic mass is 9.95. The number of likely N-dealkylation sites (tertiary alicyclic amines) is 4. The number of amides is 7. The van der Waals surface area contributed by atoms with Gasteiger partial charge in [0.25, 0.3) is 10.1 Å². The van der Waals surface area contributed by atoms with Crippen LogP contribution in [-0.4, -0.2) is 214 Å². The summed E-state index contributed by atoms with van der Waals surface area (Å²) in [6.45, 7) is 28.5. The summed E-state index contributed by atoms with van der Waals surface area (Å²) in [6, 6.07) is 25.0. The molecule has 11 rings (SSSR count). The molecule has 8 heterocycles. The Morgan fingerprint density at radius 1 is 0.447 bits per heavy atom. The zero-order valence-corrected chi connectivity index (χ0v) is 65.3. The number of rotatable bonds is 4. The summed E-state index contributed by atoms with van der Waals surface area (Å²) in [5, 5.41) is 15.4. The van der Waals surface area contributed by atoms with Crippen molar-refractivity contribution in [1.82, 2.24) is 24.9 Å². The molecule has 3 aromatic rings. The number of halogens is 1. The van der Waals surface area contributed by atoms with Gasteiger partial charge in [0.15, 0.2) is 0 Å². The van der Waals surface area contributed by atoms with Crippen molar-refractivity contribution >= 4 is 94.8 Å². The smallest absolute Gasteiger partial charge is 0.410 e. The number of carbonyl (C=O) groups excluding carboxylic acids is 8. The Labute approximate surface area is 615 Å². The molecule has 103 heavy (non-hydrogen) atoms. The maximum Gasteiger partial charge on any atom is 0.410 e. The van der Waals surface area contributed by atoms with Crippen LogP contribution in [0.2, 0.25) is 0 Å². The molecule has 26 nitrogen and oxygen atoms in total. The summed E-state index contributed by atoms with van der Waals surface area (Å²) >= 11 is 0. The number of Topliss-reactive ketones (excluding diaryl/α,β-unsaturated/α-hetero) is 1. The fraction of sp³-hybridized carbons (Fsp3) is 0.649. The largest absolute Gasteiger partial charge is 0.444 e. The lowest BCUT2D eigenvalue weighted by Crippen LogP contribution is -2.51. The predicted molar refractivity (Wildman–Crippen MR) is 397 cm³/mol. The summed E-state index contributed by atoms with van der Waals surface area (Å²) in [6.07, 6.45) is 11.6. The lowest BCUT2D eigenvalue weighted by molar-refractivity contribution is -0.121. The summed E-state index contributed by atoms with van der Waals surface area (Å²) in [4.78, 5) is 104. The highest BCUT2D eigenvalue weighted by Gasteiger charge is 2.36. The molecule has 0 atom stereocenters. The average molecular weight is 1500 g/mol. The minimum atomic E-state index is -3.42. The Morgan fingerprint density at radius 3 is 1.17 bits per heavy atom. The molecule has 0 radical (unpaired) electrons. The minimum Gasteiger partial charge on any atom is -0.444 e. The van der Waals surface area contributed by atoms with E-state index in [9.17, 15) is 60.3 Å². The zero-order chi connectivity index (χ0) is 76.7. The first-order valence-electron chi connectivity index (χ1n) is 35.7. The second-order valence-electron chi connectivity index (χ2n) is 30.5. The Morgan fingerprint density at radius 2 is 0.777 bits per heavy atom. The monoisotopic (exact) mass is 1500 g/mol. The van der Waals surface area contributed by atoms with Gasteiger partial charge in [0.2, 0.25) is 26.8 Å². The molecule has 8 aliphatic rings. The number of benzene rings is 3. The number of aliphatic hydroxyl groups excluding tert-OH is 1. The molecule has 0 spiro atoms. The van der Waals surface area contributed by atoms with Crippen LogP contribution in [0.25, 0.3) is 0 Å². The summed E-state index contributed by atoms with van der Waals surface area (Å²) in [5.41, 5.74) is 5.09. The van der Waals surface area contributed by atoms with Crippen molar-refractivity contribution in [3.8, 4) is 0 Å². The minimum absolute atomic E-state index is 0.128. The number of ether oxygens (including phenoxy) is 4. The molecular formula is C74H113ClN8O18S2. The van der Waals surface area contributed by atoms with E-state index in [1.54, 1.807) is 19.6 Å². The highest BCUT2D eigenvalue weighted by molar-refractivity contribution is 8.13. The topological polar surface area (TPSA) is 315 Å². The fourth-order valence-electron chi connectivity index (χ4n) is 12.1. The zero-order valence-electron chi connectivity index (χ0n) is 62.9. The summed E-state index contributed by atoms with van der Waals surface area (Å²) < 4.78 is 66.7. The Balaban J connectivity index is 0.000000223. The van der Waals surface area contributed by atoms with E-state index in [4.69, 9.17) is 23.1 Å². The SMILES string of the molecule is CC(C)(C)OC(=O)N1CCC(=O)CC1.CC(C)(C)OC(=O)N1CCC(N2C(=O)CCc3ccccc32)CC1.CC(C)(C)OC(=O)N1CCC(O)CC1.CC(C)(C)OC(=O)N1CCC(OS(C)(=O)=O)CC1.CS(=O)(=O)Cl.O=C1CCc2ccccc2N1.O=C1CCc2ccccc2N1C1CCNCC1. The lowest BCUT2D eigenvalue weighted by Gasteiger charge is -2.41. The van der Waals surface area contributed by atoms with Crippen LogP contribution < -0.4 is 20.4 Å². The van der Waals surface area contributed by atoms with Crippen LogP contribution >= 0.6 is 10.7 Å². The van der Waals surface area contributed by atoms with E-state index in [0.717, 1.165) is 87.6 Å². The van der Waals surface area contributed by atoms with Gasteiger partial charge in [-0.05, 0) is 202 Å². The third-order valence-corrected chi connectivity index (χ3v) is 17.4. The van der Waals surface area contributed by atoms with Crippen LogP contribution in [0.15, 0.2) is 72.8 Å². The van der Waals surface area contributed by atoms with Crippen LogP contribution in [0.5, 0.6) is 0 Å². The first kappa shape index (κ1) is 86.5. The van der Waals surface area contributed by atoms with Gasteiger partial charge in [-0.3, -0.25) is 23.4 Å². The van der Waals surface area contributed by atoms with E-state index >= 15 is 0 Å². The van der Waals surface area contributed by atoms with Gasteiger partial charge >= 0.3 is 24.4 Å². The normalized spacial score (nSPS) is 18.6. The second-order valence-corrected chi connectivity index (χ2v) is 35.2. The third kappa shape index (κ3) is 32.8. The number of aryl methyl sites for hydroxylation is 3. The van der Waals surface area contributed by atoms with Gasteiger partial charge in [-0.25, -0.2) is 27.6 Å². The molecule has 0 saturated carbocycles. The molecule has 0 aliphatic carbocycles. The van der Waals surface area contributed by atoms with Gasteiger partial charge in [-0.2, -0.15) is 8.42 Å². The molecule has 0 unspecified atom stereocenters. The Bertz CT molecular complexity index is 3520. The van der Waals surface area contributed by atoms with Gasteiger partial charge in [0.1, 0.15) is 28.2 Å². The van der Waals surface area contributed by atoms with Crippen LogP contribution in [0.3, 0.4) is 0 Å². The first-order chi connectivity index (χ1) is 47.9.